The van der Waals surface area contributed by atoms with Gasteiger partial charge in [-0.05, 0) is 31.9 Å². The van der Waals surface area contributed by atoms with Crippen LogP contribution in [-0.4, -0.2) is 37.4 Å². The number of hydrogen-bond acceptors (Lipinski definition) is 4. The second-order valence-corrected chi connectivity index (χ2v) is 4.28. The fourth-order valence-corrected chi connectivity index (χ4v) is 1.56. The molecule has 1 aromatic carbocycles. The van der Waals surface area contributed by atoms with Crippen molar-refractivity contribution in [2.24, 2.45) is 0 Å². The maximum absolute atomic E-state index is 11.5. The summed E-state index contributed by atoms with van der Waals surface area (Å²) in [7, 11) is 1.55. The van der Waals surface area contributed by atoms with Gasteiger partial charge >= 0.3 is 0 Å². The number of aliphatic hydroxyl groups excluding tert-OH is 1. The Labute approximate surface area is 113 Å². The number of para-hydroxylation sites is 2. The van der Waals surface area contributed by atoms with Crippen LogP contribution in [0.5, 0.6) is 11.5 Å². The molecule has 0 heterocycles. The van der Waals surface area contributed by atoms with E-state index in [0.717, 1.165) is 6.42 Å². The lowest BCUT2D eigenvalue weighted by Crippen LogP contribution is -2.30. The molecule has 1 unspecified atom stereocenters. The SMILES string of the molecule is COc1ccccc1OCC(=O)NCCCC(C)O. The van der Waals surface area contributed by atoms with E-state index in [-0.39, 0.29) is 18.6 Å². The van der Waals surface area contributed by atoms with Crippen molar-refractivity contribution < 1.29 is 19.4 Å². The van der Waals surface area contributed by atoms with Crippen molar-refractivity contribution in [3.05, 3.63) is 24.3 Å². The van der Waals surface area contributed by atoms with Crippen LogP contribution < -0.4 is 14.8 Å². The summed E-state index contributed by atoms with van der Waals surface area (Å²) in [6, 6.07) is 7.18. The van der Waals surface area contributed by atoms with Gasteiger partial charge in [0.25, 0.3) is 5.91 Å². The molecule has 0 saturated carbocycles. The van der Waals surface area contributed by atoms with E-state index in [1.54, 1.807) is 26.2 Å². The molecule has 1 amide bonds. The number of hydrogen-bond donors (Lipinski definition) is 2. The molecule has 19 heavy (non-hydrogen) atoms. The number of nitrogens with one attached hydrogen (secondary N) is 1. The van der Waals surface area contributed by atoms with Crippen molar-refractivity contribution in [2.45, 2.75) is 25.9 Å². The number of benzene rings is 1. The third kappa shape index (κ3) is 6.10. The Morgan fingerprint density at radius 1 is 1.37 bits per heavy atom. The molecule has 2 N–H and O–H groups in total. The van der Waals surface area contributed by atoms with E-state index in [0.29, 0.717) is 24.5 Å². The summed E-state index contributed by atoms with van der Waals surface area (Å²) in [5, 5.41) is 11.8. The van der Waals surface area contributed by atoms with Crippen molar-refractivity contribution in [1.29, 1.82) is 0 Å². The van der Waals surface area contributed by atoms with Gasteiger partial charge in [0.1, 0.15) is 0 Å². The van der Waals surface area contributed by atoms with Gasteiger partial charge in [0.05, 0.1) is 13.2 Å². The van der Waals surface area contributed by atoms with Crippen molar-refractivity contribution >= 4 is 5.91 Å². The Balaban J connectivity index is 2.26. The molecule has 0 saturated heterocycles. The number of rotatable bonds is 8. The number of methoxy groups -OCH3 is 1. The molecule has 0 aliphatic rings. The highest BCUT2D eigenvalue weighted by Crippen LogP contribution is 2.25. The number of amides is 1. The quantitative estimate of drug-likeness (QED) is 0.698. The molecule has 0 aromatic heterocycles. The van der Waals surface area contributed by atoms with Gasteiger partial charge in [-0.2, -0.15) is 0 Å². The molecule has 0 radical (unpaired) electrons. The number of ether oxygens (including phenoxy) is 2. The predicted octanol–water partition coefficient (Wildman–Crippen LogP) is 1.35. The summed E-state index contributed by atoms with van der Waals surface area (Å²) in [6.07, 6.45) is 1.09. The minimum atomic E-state index is -0.332. The Bertz CT molecular complexity index is 393. The largest absolute Gasteiger partial charge is 0.493 e. The van der Waals surface area contributed by atoms with E-state index in [2.05, 4.69) is 5.32 Å². The summed E-state index contributed by atoms with van der Waals surface area (Å²) in [5.74, 6) is 0.963. The van der Waals surface area contributed by atoms with E-state index >= 15 is 0 Å². The molecule has 0 spiro atoms. The van der Waals surface area contributed by atoms with Crippen molar-refractivity contribution in [3.63, 3.8) is 0 Å². The van der Waals surface area contributed by atoms with Crippen LogP contribution >= 0.6 is 0 Å². The highest BCUT2D eigenvalue weighted by atomic mass is 16.5. The first-order valence-electron chi connectivity index (χ1n) is 6.34. The van der Waals surface area contributed by atoms with Gasteiger partial charge < -0.3 is 19.9 Å². The second-order valence-electron chi connectivity index (χ2n) is 4.28. The van der Waals surface area contributed by atoms with Crippen molar-refractivity contribution in [3.8, 4) is 11.5 Å². The highest BCUT2D eigenvalue weighted by Gasteiger charge is 2.06. The van der Waals surface area contributed by atoms with Gasteiger partial charge in [-0.15, -0.1) is 0 Å². The molecular formula is C14H21NO4. The van der Waals surface area contributed by atoms with Crippen LogP contribution in [0.15, 0.2) is 24.3 Å². The lowest BCUT2D eigenvalue weighted by atomic mass is 10.2. The third-order valence-corrected chi connectivity index (χ3v) is 2.55. The van der Waals surface area contributed by atoms with Gasteiger partial charge in [0.15, 0.2) is 18.1 Å². The second kappa shape index (κ2) is 8.37. The van der Waals surface area contributed by atoms with Gasteiger partial charge in [0, 0.05) is 6.54 Å². The lowest BCUT2D eigenvalue weighted by Gasteiger charge is -2.10. The molecule has 5 nitrogen and oxygen atoms in total. The van der Waals surface area contributed by atoms with Crippen LogP contribution in [0.25, 0.3) is 0 Å². The van der Waals surface area contributed by atoms with Crippen molar-refractivity contribution in [1.82, 2.24) is 5.32 Å². The van der Waals surface area contributed by atoms with E-state index in [4.69, 9.17) is 14.6 Å². The summed E-state index contributed by atoms with van der Waals surface area (Å²) < 4.78 is 10.5. The molecule has 1 aromatic rings. The zero-order chi connectivity index (χ0) is 14.1. The molecule has 1 rings (SSSR count). The highest BCUT2D eigenvalue weighted by molar-refractivity contribution is 5.77. The third-order valence-electron chi connectivity index (χ3n) is 2.55. The lowest BCUT2D eigenvalue weighted by molar-refractivity contribution is -0.123. The Kier molecular flexibility index (Phi) is 6.74. The Hall–Kier alpha value is -1.75. The first kappa shape index (κ1) is 15.3. The van der Waals surface area contributed by atoms with Crippen LogP contribution in [0.1, 0.15) is 19.8 Å². The molecule has 106 valence electrons. The molecule has 1 atom stereocenters. The summed E-state index contributed by atoms with van der Waals surface area (Å²) in [5.41, 5.74) is 0. The fourth-order valence-electron chi connectivity index (χ4n) is 1.56. The standard InChI is InChI=1S/C14H21NO4/c1-11(16)6-5-9-15-14(17)10-19-13-8-4-3-7-12(13)18-2/h3-4,7-8,11,16H,5-6,9-10H2,1-2H3,(H,15,17). The van der Waals surface area contributed by atoms with Gasteiger partial charge in [-0.1, -0.05) is 12.1 Å². The Morgan fingerprint density at radius 3 is 2.68 bits per heavy atom. The van der Waals surface area contributed by atoms with E-state index in [1.165, 1.54) is 0 Å². The summed E-state index contributed by atoms with van der Waals surface area (Å²) >= 11 is 0. The zero-order valence-electron chi connectivity index (χ0n) is 11.4. The minimum Gasteiger partial charge on any atom is -0.493 e. The fraction of sp³-hybridized carbons (Fsp3) is 0.500. The van der Waals surface area contributed by atoms with Gasteiger partial charge in [0.2, 0.25) is 0 Å². The molecular weight excluding hydrogens is 246 g/mol. The molecule has 0 fully saturated rings. The molecule has 0 aliphatic carbocycles. The van der Waals surface area contributed by atoms with Gasteiger partial charge in [-0.3, -0.25) is 4.79 Å². The smallest absolute Gasteiger partial charge is 0.257 e. The van der Waals surface area contributed by atoms with E-state index < -0.39 is 0 Å². The van der Waals surface area contributed by atoms with Crippen LogP contribution in [0.4, 0.5) is 0 Å². The minimum absolute atomic E-state index is 0.0466. The van der Waals surface area contributed by atoms with Gasteiger partial charge in [-0.25, -0.2) is 0 Å². The first-order valence-corrected chi connectivity index (χ1v) is 6.34. The predicted molar refractivity (Wildman–Crippen MR) is 72.4 cm³/mol. The molecule has 0 bridgehead atoms. The van der Waals surface area contributed by atoms with Crippen LogP contribution in [0.3, 0.4) is 0 Å². The number of carbonyl (C=O) groups excluding carboxylic acids is 1. The van der Waals surface area contributed by atoms with Crippen LogP contribution in [-0.2, 0) is 4.79 Å². The first-order chi connectivity index (χ1) is 9.13. The zero-order valence-corrected chi connectivity index (χ0v) is 11.4. The molecule has 0 aliphatic heterocycles. The average molecular weight is 267 g/mol. The monoisotopic (exact) mass is 267 g/mol. The maximum Gasteiger partial charge on any atom is 0.257 e. The van der Waals surface area contributed by atoms with E-state index in [9.17, 15) is 4.79 Å². The van der Waals surface area contributed by atoms with Crippen molar-refractivity contribution in [2.75, 3.05) is 20.3 Å². The van der Waals surface area contributed by atoms with Crippen LogP contribution in [0.2, 0.25) is 0 Å². The van der Waals surface area contributed by atoms with E-state index in [1.807, 2.05) is 12.1 Å². The number of carbonyl (C=O) groups is 1. The maximum atomic E-state index is 11.5. The average Bonchev–Trinajstić information content (AvgIpc) is 2.41. The van der Waals surface area contributed by atoms with Crippen LogP contribution in [0, 0.1) is 0 Å². The summed E-state index contributed by atoms with van der Waals surface area (Å²) in [6.45, 7) is 2.22. The number of aliphatic hydroxyl groups is 1. The molecule has 5 heteroatoms. The Morgan fingerprint density at radius 2 is 2.05 bits per heavy atom. The normalized spacial score (nSPS) is 11.7. The summed E-state index contributed by atoms with van der Waals surface area (Å²) in [4.78, 5) is 11.5. The topological polar surface area (TPSA) is 67.8 Å².